The summed E-state index contributed by atoms with van der Waals surface area (Å²) in [5.74, 6) is 0. The van der Waals surface area contributed by atoms with Gasteiger partial charge in [0.25, 0.3) is 0 Å². The van der Waals surface area contributed by atoms with Gasteiger partial charge in [-0.2, -0.15) is 0 Å². The van der Waals surface area contributed by atoms with Gasteiger partial charge in [-0.15, -0.1) is 0 Å². The second-order valence-corrected chi connectivity index (χ2v) is 4.30. The van der Waals surface area contributed by atoms with E-state index in [9.17, 15) is 5.11 Å². The van der Waals surface area contributed by atoms with Crippen LogP contribution < -0.4 is 5.32 Å². The molecule has 2 N–H and O–H groups in total. The van der Waals surface area contributed by atoms with Crippen LogP contribution in [0.25, 0.3) is 0 Å². The molecule has 0 amide bonds. The zero-order chi connectivity index (χ0) is 10.6. The van der Waals surface area contributed by atoms with Crippen LogP contribution in [0, 0.1) is 0 Å². The number of hydrogen-bond acceptors (Lipinski definition) is 4. The molecule has 2 atom stereocenters. The van der Waals surface area contributed by atoms with Crippen molar-refractivity contribution in [2.45, 2.75) is 19.1 Å². The molecule has 1 saturated heterocycles. The van der Waals surface area contributed by atoms with Crippen molar-refractivity contribution in [1.29, 1.82) is 0 Å². The van der Waals surface area contributed by atoms with Gasteiger partial charge >= 0.3 is 0 Å². The Morgan fingerprint density at radius 1 is 1.50 bits per heavy atom. The van der Waals surface area contributed by atoms with Crippen LogP contribution in [0.3, 0.4) is 0 Å². The lowest BCUT2D eigenvalue weighted by atomic mass is 10.2. The van der Waals surface area contributed by atoms with Crippen molar-refractivity contribution in [2.75, 3.05) is 46.8 Å². The number of rotatable bonds is 4. The van der Waals surface area contributed by atoms with E-state index in [4.69, 9.17) is 0 Å². The fourth-order valence-corrected chi connectivity index (χ4v) is 1.89. The van der Waals surface area contributed by atoms with Crippen molar-refractivity contribution in [3.63, 3.8) is 0 Å². The summed E-state index contributed by atoms with van der Waals surface area (Å²) in [5.41, 5.74) is 0. The van der Waals surface area contributed by atoms with Gasteiger partial charge in [-0.3, -0.25) is 4.90 Å². The molecule has 0 aromatic heterocycles. The first-order valence-corrected chi connectivity index (χ1v) is 5.38. The molecule has 1 fully saturated rings. The molecular weight excluding hydrogens is 178 g/mol. The van der Waals surface area contributed by atoms with Crippen molar-refractivity contribution in [3.8, 4) is 0 Å². The van der Waals surface area contributed by atoms with Gasteiger partial charge in [0.15, 0.2) is 0 Å². The van der Waals surface area contributed by atoms with E-state index in [0.29, 0.717) is 12.6 Å². The van der Waals surface area contributed by atoms with Crippen molar-refractivity contribution < 1.29 is 5.11 Å². The highest BCUT2D eigenvalue weighted by molar-refractivity contribution is 4.78. The maximum atomic E-state index is 9.64. The lowest BCUT2D eigenvalue weighted by molar-refractivity contribution is 0.0578. The molecule has 0 aromatic rings. The Bertz CT molecular complexity index is 165. The van der Waals surface area contributed by atoms with E-state index in [2.05, 4.69) is 29.1 Å². The van der Waals surface area contributed by atoms with Gasteiger partial charge < -0.3 is 15.3 Å². The third-order valence-electron chi connectivity index (χ3n) is 2.95. The van der Waals surface area contributed by atoms with Crippen LogP contribution in [-0.4, -0.2) is 73.9 Å². The second-order valence-electron chi connectivity index (χ2n) is 4.30. The van der Waals surface area contributed by atoms with Crippen LogP contribution in [0.2, 0.25) is 0 Å². The van der Waals surface area contributed by atoms with E-state index in [-0.39, 0.29) is 6.10 Å². The number of nitrogens with zero attached hydrogens (tertiary/aromatic N) is 2. The molecule has 0 aliphatic carbocycles. The number of β-amino-alcohol motifs (C(OH)–C–C–N with tert-alkyl or cyclic N) is 1. The van der Waals surface area contributed by atoms with Crippen molar-refractivity contribution in [3.05, 3.63) is 0 Å². The molecule has 1 aliphatic rings. The molecule has 2 unspecified atom stereocenters. The van der Waals surface area contributed by atoms with Crippen LogP contribution in [-0.2, 0) is 0 Å². The summed E-state index contributed by atoms with van der Waals surface area (Å²) in [5, 5.41) is 12.6. The van der Waals surface area contributed by atoms with Crippen LogP contribution in [0.5, 0.6) is 0 Å². The first-order valence-electron chi connectivity index (χ1n) is 5.38. The molecule has 84 valence electrons. The van der Waals surface area contributed by atoms with Gasteiger partial charge in [0.1, 0.15) is 0 Å². The third-order valence-corrected chi connectivity index (χ3v) is 2.95. The average Bonchev–Trinajstić information content (AvgIpc) is 2.12. The molecule has 0 spiro atoms. The largest absolute Gasteiger partial charge is 0.390 e. The average molecular weight is 201 g/mol. The van der Waals surface area contributed by atoms with Gasteiger partial charge in [0.2, 0.25) is 0 Å². The van der Waals surface area contributed by atoms with Gasteiger partial charge in [0, 0.05) is 38.8 Å². The number of piperazine rings is 1. The lowest BCUT2D eigenvalue weighted by Gasteiger charge is -2.38. The predicted octanol–water partition coefficient (Wildman–Crippen LogP) is -0.797. The summed E-state index contributed by atoms with van der Waals surface area (Å²) in [6.07, 6.45) is -0.240. The highest BCUT2D eigenvalue weighted by Gasteiger charge is 2.21. The second kappa shape index (κ2) is 5.66. The molecule has 4 heteroatoms. The Kier molecular flexibility index (Phi) is 4.81. The van der Waals surface area contributed by atoms with Crippen LogP contribution in [0.15, 0.2) is 0 Å². The smallest absolute Gasteiger partial charge is 0.0791 e. The molecule has 1 aliphatic heterocycles. The molecule has 0 saturated carbocycles. The number of likely N-dealkylation sites (N-methyl/N-ethyl adjacent to an activating group) is 2. The quantitative estimate of drug-likeness (QED) is 0.625. The standard InChI is InChI=1S/C10H23N3O/c1-9-7-13(5-4-12(9)3)8-10(14)6-11-2/h9-11,14H,4-8H2,1-3H3. The summed E-state index contributed by atoms with van der Waals surface area (Å²) in [6.45, 7) is 6.95. The Labute approximate surface area is 86.9 Å². The summed E-state index contributed by atoms with van der Waals surface area (Å²) in [7, 11) is 4.03. The van der Waals surface area contributed by atoms with E-state index in [0.717, 1.165) is 26.2 Å². The van der Waals surface area contributed by atoms with E-state index in [1.54, 1.807) is 0 Å². The minimum atomic E-state index is -0.240. The number of aliphatic hydroxyl groups excluding tert-OH is 1. The van der Waals surface area contributed by atoms with E-state index >= 15 is 0 Å². The molecule has 0 aromatic carbocycles. The summed E-state index contributed by atoms with van der Waals surface area (Å²) in [6, 6.07) is 0.602. The molecule has 1 rings (SSSR count). The van der Waals surface area contributed by atoms with Crippen molar-refractivity contribution >= 4 is 0 Å². The molecule has 0 radical (unpaired) electrons. The zero-order valence-electron chi connectivity index (χ0n) is 9.53. The summed E-state index contributed by atoms with van der Waals surface area (Å²) >= 11 is 0. The Morgan fingerprint density at radius 2 is 2.21 bits per heavy atom. The maximum absolute atomic E-state index is 9.64. The van der Waals surface area contributed by atoms with Crippen LogP contribution in [0.4, 0.5) is 0 Å². The van der Waals surface area contributed by atoms with E-state index in [1.165, 1.54) is 0 Å². The zero-order valence-corrected chi connectivity index (χ0v) is 9.53. The van der Waals surface area contributed by atoms with Crippen LogP contribution >= 0.6 is 0 Å². The topological polar surface area (TPSA) is 38.7 Å². The number of hydrogen-bond donors (Lipinski definition) is 2. The monoisotopic (exact) mass is 201 g/mol. The van der Waals surface area contributed by atoms with Gasteiger partial charge in [0.05, 0.1) is 6.10 Å². The Hall–Kier alpha value is -0.160. The summed E-state index contributed by atoms with van der Waals surface area (Å²) in [4.78, 5) is 4.70. The molecule has 4 nitrogen and oxygen atoms in total. The maximum Gasteiger partial charge on any atom is 0.0791 e. The van der Waals surface area contributed by atoms with Crippen LogP contribution in [0.1, 0.15) is 6.92 Å². The lowest BCUT2D eigenvalue weighted by Crippen LogP contribution is -2.52. The van der Waals surface area contributed by atoms with Crippen molar-refractivity contribution in [2.24, 2.45) is 0 Å². The normalized spacial score (nSPS) is 27.9. The van der Waals surface area contributed by atoms with Gasteiger partial charge in [-0.1, -0.05) is 0 Å². The highest BCUT2D eigenvalue weighted by atomic mass is 16.3. The predicted molar refractivity (Wildman–Crippen MR) is 58.5 cm³/mol. The minimum Gasteiger partial charge on any atom is -0.390 e. The fraction of sp³-hybridized carbons (Fsp3) is 1.00. The Morgan fingerprint density at radius 3 is 2.79 bits per heavy atom. The number of aliphatic hydroxyl groups is 1. The molecule has 1 heterocycles. The molecular formula is C10H23N3O. The fourth-order valence-electron chi connectivity index (χ4n) is 1.89. The first kappa shape index (κ1) is 11.9. The van der Waals surface area contributed by atoms with Gasteiger partial charge in [-0.05, 0) is 21.0 Å². The van der Waals surface area contributed by atoms with Crippen molar-refractivity contribution in [1.82, 2.24) is 15.1 Å². The van der Waals surface area contributed by atoms with E-state index in [1.807, 2.05) is 7.05 Å². The molecule has 14 heavy (non-hydrogen) atoms. The number of nitrogens with one attached hydrogen (secondary N) is 1. The highest BCUT2D eigenvalue weighted by Crippen LogP contribution is 2.06. The van der Waals surface area contributed by atoms with E-state index < -0.39 is 0 Å². The van der Waals surface area contributed by atoms with Gasteiger partial charge in [-0.25, -0.2) is 0 Å². The Balaban J connectivity index is 2.25. The summed E-state index contributed by atoms with van der Waals surface area (Å²) < 4.78 is 0. The SMILES string of the molecule is CNCC(O)CN1CCN(C)C(C)C1. The molecule has 0 bridgehead atoms. The minimum absolute atomic E-state index is 0.240. The third kappa shape index (κ3) is 3.53. The first-order chi connectivity index (χ1) is 6.63.